The second kappa shape index (κ2) is 4.97. The molecule has 0 saturated carbocycles. The molecule has 0 fully saturated rings. The fourth-order valence-electron chi connectivity index (χ4n) is 1.52. The van der Waals surface area contributed by atoms with E-state index in [4.69, 9.17) is 0 Å². The van der Waals surface area contributed by atoms with Crippen molar-refractivity contribution in [2.75, 3.05) is 5.32 Å². The average molecular weight is 248 g/mol. The van der Waals surface area contributed by atoms with Crippen molar-refractivity contribution in [1.82, 2.24) is 4.98 Å². The number of hydrogen-bond donors (Lipinski definition) is 2. The van der Waals surface area contributed by atoms with Crippen molar-refractivity contribution in [3.05, 3.63) is 48.3 Å². The topological polar surface area (TPSA) is 59.1 Å². The molecule has 0 saturated heterocycles. The molecule has 1 heterocycles. The minimum absolute atomic E-state index is 0.198. The van der Waals surface area contributed by atoms with Crippen LogP contribution in [0.5, 0.6) is 0 Å². The normalized spacial score (nSPS) is 10.5. The van der Waals surface area contributed by atoms with Gasteiger partial charge in [-0.15, -0.1) is 0 Å². The fraction of sp³-hybridized carbons (Fsp3) is 0.0833. The smallest absolute Gasteiger partial charge is 0.171 e. The summed E-state index contributed by atoms with van der Waals surface area (Å²) in [7, 11) is -2.65. The van der Waals surface area contributed by atoms with E-state index in [1.807, 2.05) is 31.2 Å². The molecule has 0 spiro atoms. The molecule has 0 bridgehead atoms. The summed E-state index contributed by atoms with van der Waals surface area (Å²) in [6.07, 6.45) is 2.89. The van der Waals surface area contributed by atoms with Crippen LogP contribution in [0, 0.1) is 6.92 Å². The van der Waals surface area contributed by atoms with Crippen LogP contribution >= 0.6 is 0 Å². The number of hydrogen-bond acceptors (Lipinski definition) is 4. The third kappa shape index (κ3) is 2.82. The summed E-state index contributed by atoms with van der Waals surface area (Å²) in [4.78, 5) is 4.00. The molecule has 0 radical (unpaired) electrons. The van der Waals surface area contributed by atoms with Gasteiger partial charge in [-0.2, -0.15) is 0 Å². The highest BCUT2D eigenvalue weighted by atomic mass is 32.2. The van der Waals surface area contributed by atoms with E-state index in [1.165, 1.54) is 6.20 Å². The summed E-state index contributed by atoms with van der Waals surface area (Å²) in [6, 6.07) is 9.36. The lowest BCUT2D eigenvalue weighted by atomic mass is 10.2. The van der Waals surface area contributed by atoms with Crippen LogP contribution in [0.4, 0.5) is 11.4 Å². The van der Waals surface area contributed by atoms with Crippen LogP contribution in [-0.2, 0) is 10.7 Å². The maximum Gasteiger partial charge on any atom is 0.171 e. The van der Waals surface area contributed by atoms with Gasteiger partial charge in [0.05, 0.1) is 5.69 Å². The number of nitrogens with zero attached hydrogens (tertiary/aromatic N) is 1. The molecular formula is C12H12N2O2S. The van der Waals surface area contributed by atoms with E-state index in [0.717, 1.165) is 11.3 Å². The Bertz CT molecular complexity index is 601. The number of anilines is 2. The zero-order chi connectivity index (χ0) is 12.3. The Hall–Kier alpha value is -1.88. The van der Waals surface area contributed by atoms with E-state index in [0.29, 0.717) is 5.69 Å². The highest BCUT2D eigenvalue weighted by molar-refractivity contribution is 7.72. The molecular weight excluding hydrogens is 236 g/mol. The minimum Gasteiger partial charge on any atom is -0.354 e. The standard InChI is InChI=1S/C12H12N2O2S/c1-9-3-2-4-10(7-9)14-11-5-6-13-8-12(11)17(15)16/h2-8,17H,1H3,(H,13,14). The van der Waals surface area contributed by atoms with Crippen molar-refractivity contribution in [3.8, 4) is 0 Å². The summed E-state index contributed by atoms with van der Waals surface area (Å²) >= 11 is 0. The third-order valence-electron chi connectivity index (χ3n) is 2.29. The molecule has 1 aromatic carbocycles. The molecule has 0 amide bonds. The zero-order valence-corrected chi connectivity index (χ0v) is 10.1. The van der Waals surface area contributed by atoms with Crippen molar-refractivity contribution in [3.63, 3.8) is 0 Å². The number of pyridine rings is 1. The molecule has 0 atom stereocenters. The Labute approximate surface area is 101 Å². The van der Waals surface area contributed by atoms with Crippen molar-refractivity contribution < 1.29 is 8.42 Å². The molecule has 88 valence electrons. The van der Waals surface area contributed by atoms with Gasteiger partial charge in [0.1, 0.15) is 4.90 Å². The predicted octanol–water partition coefficient (Wildman–Crippen LogP) is 2.10. The Kier molecular flexibility index (Phi) is 3.39. The molecule has 0 unspecified atom stereocenters. The van der Waals surface area contributed by atoms with Crippen molar-refractivity contribution >= 4 is 22.1 Å². The van der Waals surface area contributed by atoms with Crippen LogP contribution in [0.3, 0.4) is 0 Å². The lowest BCUT2D eigenvalue weighted by Crippen LogP contribution is -1.95. The van der Waals surface area contributed by atoms with E-state index >= 15 is 0 Å². The van der Waals surface area contributed by atoms with Gasteiger partial charge < -0.3 is 5.32 Å². The lowest BCUT2D eigenvalue weighted by Gasteiger charge is -2.08. The molecule has 2 aromatic rings. The number of rotatable bonds is 3. The third-order valence-corrected chi connectivity index (χ3v) is 3.04. The van der Waals surface area contributed by atoms with Crippen LogP contribution in [0.15, 0.2) is 47.6 Å². The predicted molar refractivity (Wildman–Crippen MR) is 67.3 cm³/mol. The monoisotopic (exact) mass is 248 g/mol. The van der Waals surface area contributed by atoms with Gasteiger partial charge >= 0.3 is 0 Å². The highest BCUT2D eigenvalue weighted by Crippen LogP contribution is 2.21. The molecule has 4 nitrogen and oxygen atoms in total. The van der Waals surface area contributed by atoms with Gasteiger partial charge in [-0.3, -0.25) is 4.98 Å². The maximum atomic E-state index is 11.0. The second-order valence-corrected chi connectivity index (χ2v) is 4.64. The summed E-state index contributed by atoms with van der Waals surface area (Å²) in [5.41, 5.74) is 2.51. The zero-order valence-electron chi connectivity index (χ0n) is 9.25. The van der Waals surface area contributed by atoms with Crippen molar-refractivity contribution in [2.24, 2.45) is 0 Å². The Morgan fingerprint density at radius 1 is 1.24 bits per heavy atom. The SMILES string of the molecule is Cc1cccc(Nc2ccncc2[SH](=O)=O)c1. The first-order chi connectivity index (χ1) is 8.16. The Morgan fingerprint density at radius 2 is 2.06 bits per heavy atom. The fourth-order valence-corrected chi connectivity index (χ4v) is 2.00. The number of thiol groups is 1. The summed E-state index contributed by atoms with van der Waals surface area (Å²) in [5.74, 6) is 0. The summed E-state index contributed by atoms with van der Waals surface area (Å²) < 4.78 is 22.1. The van der Waals surface area contributed by atoms with Crippen LogP contribution < -0.4 is 5.32 Å². The number of aromatic nitrogens is 1. The average Bonchev–Trinajstić information content (AvgIpc) is 2.29. The minimum atomic E-state index is -2.65. The van der Waals surface area contributed by atoms with E-state index in [1.54, 1.807) is 12.3 Å². The second-order valence-electron chi connectivity index (χ2n) is 3.64. The summed E-state index contributed by atoms with van der Waals surface area (Å²) in [6.45, 7) is 1.98. The highest BCUT2D eigenvalue weighted by Gasteiger charge is 2.04. The first-order valence-electron chi connectivity index (χ1n) is 5.09. The van der Waals surface area contributed by atoms with Gasteiger partial charge in [-0.05, 0) is 30.7 Å². The first-order valence-corrected chi connectivity index (χ1v) is 6.26. The van der Waals surface area contributed by atoms with Gasteiger partial charge in [-0.1, -0.05) is 12.1 Å². The quantitative estimate of drug-likeness (QED) is 0.817. The van der Waals surface area contributed by atoms with Gasteiger partial charge in [0.25, 0.3) is 0 Å². The maximum absolute atomic E-state index is 11.0. The van der Waals surface area contributed by atoms with E-state index in [9.17, 15) is 8.42 Å². The number of benzene rings is 1. The molecule has 0 aliphatic rings. The molecule has 1 aromatic heterocycles. The van der Waals surface area contributed by atoms with E-state index < -0.39 is 10.7 Å². The lowest BCUT2D eigenvalue weighted by molar-refractivity contribution is 0.614. The molecule has 2 rings (SSSR count). The molecule has 0 aliphatic heterocycles. The van der Waals surface area contributed by atoms with Crippen molar-refractivity contribution in [2.45, 2.75) is 11.8 Å². The molecule has 0 aliphatic carbocycles. The van der Waals surface area contributed by atoms with Gasteiger partial charge in [0, 0.05) is 18.1 Å². The van der Waals surface area contributed by atoms with Gasteiger partial charge in [-0.25, -0.2) is 8.42 Å². The van der Waals surface area contributed by atoms with Gasteiger partial charge in [0.15, 0.2) is 10.7 Å². The Morgan fingerprint density at radius 3 is 2.76 bits per heavy atom. The first kappa shape index (κ1) is 11.6. The Balaban J connectivity index is 2.36. The van der Waals surface area contributed by atoms with Crippen LogP contribution in [0.25, 0.3) is 0 Å². The number of nitrogens with one attached hydrogen (secondary N) is 1. The van der Waals surface area contributed by atoms with Gasteiger partial charge in [0.2, 0.25) is 0 Å². The molecule has 17 heavy (non-hydrogen) atoms. The van der Waals surface area contributed by atoms with Crippen LogP contribution in [-0.4, -0.2) is 13.4 Å². The molecule has 1 N–H and O–H groups in total. The van der Waals surface area contributed by atoms with E-state index in [2.05, 4.69) is 10.3 Å². The van der Waals surface area contributed by atoms with Crippen LogP contribution in [0.2, 0.25) is 0 Å². The van der Waals surface area contributed by atoms with Crippen molar-refractivity contribution in [1.29, 1.82) is 0 Å². The van der Waals surface area contributed by atoms with Crippen LogP contribution in [0.1, 0.15) is 5.56 Å². The largest absolute Gasteiger partial charge is 0.354 e. The number of aryl methyl sites for hydroxylation is 1. The summed E-state index contributed by atoms with van der Waals surface area (Å²) in [5, 5.41) is 3.07. The van der Waals surface area contributed by atoms with E-state index in [-0.39, 0.29) is 4.90 Å². The molecule has 5 heteroatoms.